The molecule has 0 aliphatic heterocycles. The number of carbonyl (C=O) groups is 2. The van der Waals surface area contributed by atoms with Gasteiger partial charge in [0.25, 0.3) is 0 Å². The van der Waals surface area contributed by atoms with E-state index in [0.717, 1.165) is 19.3 Å². The standard InChI is InChI=1S/C15H20N2O3S/c1-9-5-3-7-11(13(9)14(18)19)17-15(20)16-10-6-4-8-12(10)21-2/h3,5,7,10,12H,4,6,8H2,1-2H3,(H,18,19)(H2,16,17,20). The van der Waals surface area contributed by atoms with E-state index in [2.05, 4.69) is 10.6 Å². The summed E-state index contributed by atoms with van der Waals surface area (Å²) in [5.74, 6) is -1.04. The predicted molar refractivity (Wildman–Crippen MR) is 85.2 cm³/mol. The summed E-state index contributed by atoms with van der Waals surface area (Å²) in [6, 6.07) is 4.87. The molecule has 2 rings (SSSR count). The van der Waals surface area contributed by atoms with Crippen LogP contribution in [0.5, 0.6) is 0 Å². The molecule has 114 valence electrons. The first kappa shape index (κ1) is 15.7. The maximum absolute atomic E-state index is 12.1. The van der Waals surface area contributed by atoms with Crippen LogP contribution in [0.15, 0.2) is 18.2 Å². The fraction of sp³-hybridized carbons (Fsp3) is 0.467. The number of aryl methyl sites for hydroxylation is 1. The van der Waals surface area contributed by atoms with Crippen LogP contribution in [0.3, 0.4) is 0 Å². The highest BCUT2D eigenvalue weighted by Crippen LogP contribution is 2.28. The van der Waals surface area contributed by atoms with Gasteiger partial charge in [-0.05, 0) is 37.7 Å². The molecule has 21 heavy (non-hydrogen) atoms. The molecule has 0 aromatic heterocycles. The van der Waals surface area contributed by atoms with Crippen molar-refractivity contribution in [3.63, 3.8) is 0 Å². The molecule has 1 aromatic rings. The molecule has 2 atom stereocenters. The highest BCUT2D eigenvalue weighted by Gasteiger charge is 2.28. The van der Waals surface area contributed by atoms with E-state index in [4.69, 9.17) is 0 Å². The zero-order valence-corrected chi connectivity index (χ0v) is 13.0. The van der Waals surface area contributed by atoms with Crippen LogP contribution in [-0.4, -0.2) is 34.7 Å². The number of carbonyl (C=O) groups excluding carboxylic acids is 1. The van der Waals surface area contributed by atoms with Crippen LogP contribution in [0.2, 0.25) is 0 Å². The lowest BCUT2D eigenvalue weighted by atomic mass is 10.1. The molecule has 3 N–H and O–H groups in total. The second kappa shape index (κ2) is 6.85. The Kier molecular flexibility index (Phi) is 5.12. The fourth-order valence-corrected chi connectivity index (χ4v) is 3.69. The Bertz CT molecular complexity index is 548. The number of anilines is 1. The van der Waals surface area contributed by atoms with Crippen molar-refractivity contribution >= 4 is 29.4 Å². The molecule has 1 aromatic carbocycles. The number of hydrogen-bond donors (Lipinski definition) is 3. The number of carboxylic acids is 1. The quantitative estimate of drug-likeness (QED) is 0.798. The Balaban J connectivity index is 2.06. The molecule has 1 aliphatic rings. The Hall–Kier alpha value is -1.69. The molecule has 0 radical (unpaired) electrons. The minimum Gasteiger partial charge on any atom is -0.478 e. The summed E-state index contributed by atoms with van der Waals surface area (Å²) >= 11 is 1.76. The van der Waals surface area contributed by atoms with Gasteiger partial charge in [0, 0.05) is 11.3 Å². The smallest absolute Gasteiger partial charge is 0.338 e. The van der Waals surface area contributed by atoms with Crippen molar-refractivity contribution in [2.45, 2.75) is 37.5 Å². The van der Waals surface area contributed by atoms with E-state index < -0.39 is 5.97 Å². The zero-order chi connectivity index (χ0) is 15.4. The lowest BCUT2D eigenvalue weighted by molar-refractivity contribution is 0.0697. The van der Waals surface area contributed by atoms with Gasteiger partial charge in [0.15, 0.2) is 0 Å². The van der Waals surface area contributed by atoms with Crippen LogP contribution in [0.25, 0.3) is 0 Å². The van der Waals surface area contributed by atoms with E-state index in [1.54, 1.807) is 36.9 Å². The van der Waals surface area contributed by atoms with Gasteiger partial charge in [0.05, 0.1) is 11.3 Å². The summed E-state index contributed by atoms with van der Waals surface area (Å²) in [7, 11) is 0. The number of urea groups is 1. The number of benzene rings is 1. The third-order valence-electron chi connectivity index (χ3n) is 3.81. The number of nitrogens with one attached hydrogen (secondary N) is 2. The van der Waals surface area contributed by atoms with E-state index in [1.807, 2.05) is 6.26 Å². The monoisotopic (exact) mass is 308 g/mol. The summed E-state index contributed by atoms with van der Waals surface area (Å²) in [5, 5.41) is 15.3. The van der Waals surface area contributed by atoms with Gasteiger partial charge in [-0.2, -0.15) is 11.8 Å². The largest absolute Gasteiger partial charge is 0.478 e. The minimum absolute atomic E-state index is 0.139. The average molecular weight is 308 g/mol. The molecule has 0 bridgehead atoms. The summed E-state index contributed by atoms with van der Waals surface area (Å²) in [6.45, 7) is 1.72. The number of amides is 2. The Morgan fingerprint density at radius 2 is 2.10 bits per heavy atom. The van der Waals surface area contributed by atoms with Gasteiger partial charge in [-0.25, -0.2) is 9.59 Å². The summed E-state index contributed by atoms with van der Waals surface area (Å²) in [5.41, 5.74) is 1.10. The SMILES string of the molecule is CSC1CCCC1NC(=O)Nc1cccc(C)c1C(=O)O. The van der Waals surface area contributed by atoms with Crippen molar-refractivity contribution in [1.82, 2.24) is 5.32 Å². The van der Waals surface area contributed by atoms with Gasteiger partial charge < -0.3 is 15.7 Å². The van der Waals surface area contributed by atoms with Gasteiger partial charge in [0.1, 0.15) is 0 Å². The first-order chi connectivity index (χ1) is 10.0. The van der Waals surface area contributed by atoms with Gasteiger partial charge in [0.2, 0.25) is 0 Å². The highest BCUT2D eigenvalue weighted by atomic mass is 32.2. The van der Waals surface area contributed by atoms with E-state index in [0.29, 0.717) is 16.5 Å². The third-order valence-corrected chi connectivity index (χ3v) is 4.98. The van der Waals surface area contributed by atoms with Crippen LogP contribution >= 0.6 is 11.8 Å². The number of hydrogen-bond acceptors (Lipinski definition) is 3. The molecule has 5 nitrogen and oxygen atoms in total. The van der Waals surface area contributed by atoms with Crippen molar-refractivity contribution in [3.8, 4) is 0 Å². The van der Waals surface area contributed by atoms with E-state index in [-0.39, 0.29) is 17.6 Å². The normalized spacial score (nSPS) is 21.0. The Morgan fingerprint density at radius 1 is 1.33 bits per heavy atom. The van der Waals surface area contributed by atoms with E-state index >= 15 is 0 Å². The molecule has 1 aliphatic carbocycles. The molecule has 2 unspecified atom stereocenters. The zero-order valence-electron chi connectivity index (χ0n) is 12.2. The molecule has 0 spiro atoms. The summed E-state index contributed by atoms with van der Waals surface area (Å²) in [4.78, 5) is 23.4. The molecule has 2 amide bonds. The first-order valence-electron chi connectivity index (χ1n) is 6.96. The summed E-state index contributed by atoms with van der Waals surface area (Å²) in [6.07, 6.45) is 5.24. The fourth-order valence-electron chi connectivity index (χ4n) is 2.76. The van der Waals surface area contributed by atoms with Crippen molar-refractivity contribution in [3.05, 3.63) is 29.3 Å². The molecule has 6 heteroatoms. The average Bonchev–Trinajstić information content (AvgIpc) is 2.85. The second-order valence-corrected chi connectivity index (χ2v) is 6.29. The molecular weight excluding hydrogens is 288 g/mol. The minimum atomic E-state index is -1.04. The number of aromatic carboxylic acids is 1. The van der Waals surface area contributed by atoms with Crippen LogP contribution < -0.4 is 10.6 Å². The van der Waals surface area contributed by atoms with Crippen LogP contribution in [0, 0.1) is 6.92 Å². The highest BCUT2D eigenvalue weighted by molar-refractivity contribution is 7.99. The van der Waals surface area contributed by atoms with Gasteiger partial charge in [-0.3, -0.25) is 0 Å². The van der Waals surface area contributed by atoms with Gasteiger partial charge >= 0.3 is 12.0 Å². The molecular formula is C15H20N2O3S. The first-order valence-corrected chi connectivity index (χ1v) is 8.25. The number of rotatable bonds is 4. The number of carboxylic acid groups (broad SMARTS) is 1. The van der Waals surface area contributed by atoms with E-state index in [1.165, 1.54) is 0 Å². The van der Waals surface area contributed by atoms with E-state index in [9.17, 15) is 14.7 Å². The van der Waals surface area contributed by atoms with Crippen molar-refractivity contribution in [2.24, 2.45) is 0 Å². The number of thioether (sulfide) groups is 1. The summed E-state index contributed by atoms with van der Waals surface area (Å²) < 4.78 is 0. The van der Waals surface area contributed by atoms with Crippen LogP contribution in [0.4, 0.5) is 10.5 Å². The van der Waals surface area contributed by atoms with Crippen molar-refractivity contribution in [1.29, 1.82) is 0 Å². The maximum Gasteiger partial charge on any atom is 0.338 e. The van der Waals surface area contributed by atoms with Crippen molar-refractivity contribution < 1.29 is 14.7 Å². The molecule has 0 saturated heterocycles. The van der Waals surface area contributed by atoms with Crippen LogP contribution in [-0.2, 0) is 0 Å². The Labute approximate surface area is 128 Å². The second-order valence-electron chi connectivity index (χ2n) is 5.21. The molecule has 0 heterocycles. The van der Waals surface area contributed by atoms with Crippen LogP contribution in [0.1, 0.15) is 35.2 Å². The topological polar surface area (TPSA) is 78.4 Å². The Morgan fingerprint density at radius 3 is 2.76 bits per heavy atom. The third kappa shape index (κ3) is 3.69. The maximum atomic E-state index is 12.1. The molecule has 1 fully saturated rings. The molecule has 1 saturated carbocycles. The van der Waals surface area contributed by atoms with Gasteiger partial charge in [-0.15, -0.1) is 0 Å². The van der Waals surface area contributed by atoms with Gasteiger partial charge in [-0.1, -0.05) is 18.6 Å². The lowest BCUT2D eigenvalue weighted by Gasteiger charge is -2.20. The lowest BCUT2D eigenvalue weighted by Crippen LogP contribution is -2.41. The predicted octanol–water partition coefficient (Wildman–Crippen LogP) is 3.10. The van der Waals surface area contributed by atoms with Crippen molar-refractivity contribution in [2.75, 3.05) is 11.6 Å².